The highest BCUT2D eigenvalue weighted by molar-refractivity contribution is 6.12. The predicted molar refractivity (Wildman–Crippen MR) is 119 cm³/mol. The number of amides is 1. The van der Waals surface area contributed by atoms with Crippen molar-refractivity contribution in [3.8, 4) is 5.75 Å². The third kappa shape index (κ3) is 4.12. The van der Waals surface area contributed by atoms with E-state index in [-0.39, 0.29) is 23.5 Å². The maximum atomic E-state index is 14.1. The lowest BCUT2D eigenvalue weighted by Gasteiger charge is -2.10. The summed E-state index contributed by atoms with van der Waals surface area (Å²) in [5.74, 6) is -0.245. The van der Waals surface area contributed by atoms with Crippen LogP contribution in [0.5, 0.6) is 5.75 Å². The molecule has 32 heavy (non-hydrogen) atoms. The average Bonchev–Trinajstić information content (AvgIpc) is 3.02. The molecule has 2 aromatic heterocycles. The minimum Gasteiger partial charge on any atom is -0.494 e. The van der Waals surface area contributed by atoms with Gasteiger partial charge in [-0.25, -0.2) is 9.18 Å². The smallest absolute Gasteiger partial charge is 0.337 e. The molecule has 4 aromatic rings. The summed E-state index contributed by atoms with van der Waals surface area (Å²) in [5, 5.41) is 7.78. The van der Waals surface area contributed by atoms with Crippen LogP contribution in [0.4, 0.5) is 10.1 Å². The molecule has 0 fully saturated rings. The first-order valence-electron chi connectivity index (χ1n) is 10.2. The standard InChI is InChI=1S/C24H22FN3O4/c1-4-31-17-9-10-18-19(12-22(29)32-21(18)11-17)24(30)26-23-14(2)27-28(15(23)3)13-16-7-5-6-8-20(16)25/h5-12H,4,13H2,1-3H3,(H,26,30). The van der Waals surface area contributed by atoms with E-state index < -0.39 is 11.5 Å². The van der Waals surface area contributed by atoms with Gasteiger partial charge >= 0.3 is 5.63 Å². The molecule has 0 saturated heterocycles. The maximum Gasteiger partial charge on any atom is 0.337 e. The number of hydrogen-bond donors (Lipinski definition) is 1. The number of fused-ring (bicyclic) bond motifs is 1. The number of carbonyl (C=O) groups is 1. The van der Waals surface area contributed by atoms with Crippen molar-refractivity contribution in [2.75, 3.05) is 11.9 Å². The van der Waals surface area contributed by atoms with Crippen LogP contribution in [0.2, 0.25) is 0 Å². The van der Waals surface area contributed by atoms with E-state index in [0.717, 1.165) is 6.07 Å². The SMILES string of the molecule is CCOc1ccc2c(C(=O)Nc3c(C)nn(Cc4ccccc4F)c3C)cc(=O)oc2c1. The number of anilines is 1. The van der Waals surface area contributed by atoms with E-state index in [1.807, 2.05) is 6.92 Å². The van der Waals surface area contributed by atoms with Gasteiger partial charge in [0.2, 0.25) is 0 Å². The highest BCUT2D eigenvalue weighted by atomic mass is 19.1. The number of carbonyl (C=O) groups excluding carboxylic acids is 1. The fourth-order valence-corrected chi connectivity index (χ4v) is 3.59. The summed E-state index contributed by atoms with van der Waals surface area (Å²) in [6.45, 7) is 6.09. The molecule has 0 aliphatic heterocycles. The van der Waals surface area contributed by atoms with E-state index in [4.69, 9.17) is 9.15 Å². The van der Waals surface area contributed by atoms with Crippen LogP contribution >= 0.6 is 0 Å². The molecule has 0 aliphatic rings. The van der Waals surface area contributed by atoms with Crippen molar-refractivity contribution in [1.82, 2.24) is 9.78 Å². The van der Waals surface area contributed by atoms with Crippen molar-refractivity contribution in [3.05, 3.63) is 87.3 Å². The number of aryl methyl sites for hydroxylation is 1. The topological polar surface area (TPSA) is 86.4 Å². The Bertz CT molecular complexity index is 1370. The van der Waals surface area contributed by atoms with Crippen molar-refractivity contribution in [1.29, 1.82) is 0 Å². The Kier molecular flexibility index (Phi) is 5.77. The summed E-state index contributed by atoms with van der Waals surface area (Å²) >= 11 is 0. The first-order chi connectivity index (χ1) is 15.4. The van der Waals surface area contributed by atoms with Gasteiger partial charge in [0.15, 0.2) is 0 Å². The zero-order valence-corrected chi connectivity index (χ0v) is 17.9. The third-order valence-corrected chi connectivity index (χ3v) is 5.17. The zero-order valence-electron chi connectivity index (χ0n) is 17.9. The largest absolute Gasteiger partial charge is 0.494 e. The quantitative estimate of drug-likeness (QED) is 0.453. The molecule has 0 saturated carbocycles. The van der Waals surface area contributed by atoms with Gasteiger partial charge in [-0.15, -0.1) is 0 Å². The number of halogens is 1. The zero-order chi connectivity index (χ0) is 22.8. The fraction of sp³-hybridized carbons (Fsp3) is 0.208. The Morgan fingerprint density at radius 2 is 1.97 bits per heavy atom. The minimum atomic E-state index is -0.639. The lowest BCUT2D eigenvalue weighted by atomic mass is 10.1. The Morgan fingerprint density at radius 1 is 1.19 bits per heavy atom. The van der Waals surface area contributed by atoms with Crippen molar-refractivity contribution in [2.24, 2.45) is 0 Å². The molecule has 0 unspecified atom stereocenters. The van der Waals surface area contributed by atoms with Gasteiger partial charge in [0.05, 0.1) is 35.8 Å². The number of aromatic nitrogens is 2. The first kappa shape index (κ1) is 21.3. The van der Waals surface area contributed by atoms with Crippen LogP contribution in [-0.4, -0.2) is 22.3 Å². The van der Waals surface area contributed by atoms with E-state index in [0.29, 0.717) is 40.4 Å². The van der Waals surface area contributed by atoms with Crippen molar-refractivity contribution < 1.29 is 18.3 Å². The summed E-state index contributed by atoms with van der Waals surface area (Å²) in [4.78, 5) is 25.2. The summed E-state index contributed by atoms with van der Waals surface area (Å²) in [7, 11) is 0. The molecule has 164 valence electrons. The van der Waals surface area contributed by atoms with E-state index in [9.17, 15) is 14.0 Å². The maximum absolute atomic E-state index is 14.1. The van der Waals surface area contributed by atoms with Crippen LogP contribution in [-0.2, 0) is 6.54 Å². The Morgan fingerprint density at radius 3 is 2.72 bits per heavy atom. The number of nitrogens with zero attached hydrogens (tertiary/aromatic N) is 2. The van der Waals surface area contributed by atoms with Gasteiger partial charge in [-0.1, -0.05) is 18.2 Å². The molecule has 4 rings (SSSR count). The van der Waals surface area contributed by atoms with Crippen LogP contribution in [0, 0.1) is 19.7 Å². The second kappa shape index (κ2) is 8.66. The molecule has 0 atom stereocenters. The monoisotopic (exact) mass is 435 g/mol. The van der Waals surface area contributed by atoms with Crippen LogP contribution in [0.25, 0.3) is 11.0 Å². The van der Waals surface area contributed by atoms with Crippen LogP contribution in [0.3, 0.4) is 0 Å². The van der Waals surface area contributed by atoms with E-state index in [1.54, 1.807) is 54.9 Å². The van der Waals surface area contributed by atoms with Gasteiger partial charge in [-0.05, 0) is 39.0 Å². The number of benzene rings is 2. The number of ether oxygens (including phenoxy) is 1. The first-order valence-corrected chi connectivity index (χ1v) is 10.2. The molecular weight excluding hydrogens is 413 g/mol. The molecule has 2 heterocycles. The van der Waals surface area contributed by atoms with E-state index in [1.165, 1.54) is 6.07 Å². The summed E-state index contributed by atoms with van der Waals surface area (Å²) in [5.41, 5.74) is 2.06. The number of nitrogens with one attached hydrogen (secondary N) is 1. The predicted octanol–water partition coefficient (Wildman–Crippen LogP) is 4.44. The normalized spacial score (nSPS) is 11.0. The molecule has 0 spiro atoms. The third-order valence-electron chi connectivity index (χ3n) is 5.17. The lowest BCUT2D eigenvalue weighted by molar-refractivity contribution is 0.102. The Labute approximate surface area is 183 Å². The van der Waals surface area contributed by atoms with Crippen LogP contribution in [0.1, 0.15) is 34.2 Å². The van der Waals surface area contributed by atoms with Gasteiger partial charge < -0.3 is 14.5 Å². The molecular formula is C24H22FN3O4. The molecule has 7 nitrogen and oxygen atoms in total. The number of rotatable bonds is 6. The summed E-state index contributed by atoms with van der Waals surface area (Å²) in [6, 6.07) is 12.6. The van der Waals surface area contributed by atoms with Crippen molar-refractivity contribution >= 4 is 22.6 Å². The second-order valence-electron chi connectivity index (χ2n) is 7.32. The van der Waals surface area contributed by atoms with Gasteiger partial charge in [0, 0.05) is 23.1 Å². The average molecular weight is 435 g/mol. The summed E-state index contributed by atoms with van der Waals surface area (Å²) < 4.78 is 26.4. The molecule has 0 radical (unpaired) electrons. The van der Waals surface area contributed by atoms with Crippen molar-refractivity contribution in [3.63, 3.8) is 0 Å². The Balaban J connectivity index is 1.66. The van der Waals surface area contributed by atoms with Gasteiger partial charge in [0.1, 0.15) is 17.1 Å². The van der Waals surface area contributed by atoms with Gasteiger partial charge in [-0.3, -0.25) is 9.48 Å². The highest BCUT2D eigenvalue weighted by Crippen LogP contribution is 2.26. The lowest BCUT2D eigenvalue weighted by Crippen LogP contribution is -2.16. The van der Waals surface area contributed by atoms with E-state index in [2.05, 4.69) is 10.4 Å². The van der Waals surface area contributed by atoms with Crippen molar-refractivity contribution in [2.45, 2.75) is 27.3 Å². The van der Waals surface area contributed by atoms with E-state index >= 15 is 0 Å². The Hall–Kier alpha value is -3.94. The minimum absolute atomic E-state index is 0.181. The molecule has 1 N–H and O–H groups in total. The van der Waals surface area contributed by atoms with Crippen LogP contribution < -0.4 is 15.7 Å². The van der Waals surface area contributed by atoms with Gasteiger partial charge in [-0.2, -0.15) is 5.10 Å². The molecule has 0 aliphatic carbocycles. The highest BCUT2D eigenvalue weighted by Gasteiger charge is 2.19. The number of hydrogen-bond acceptors (Lipinski definition) is 5. The second-order valence-corrected chi connectivity index (χ2v) is 7.32. The molecule has 0 bridgehead atoms. The molecule has 2 aromatic carbocycles. The molecule has 1 amide bonds. The van der Waals surface area contributed by atoms with Crippen LogP contribution in [0.15, 0.2) is 57.7 Å². The fourth-order valence-electron chi connectivity index (χ4n) is 3.59. The van der Waals surface area contributed by atoms with Gasteiger partial charge in [0.25, 0.3) is 5.91 Å². The summed E-state index contributed by atoms with van der Waals surface area (Å²) in [6.07, 6.45) is 0. The molecule has 8 heteroatoms.